The number of hydrogen-bond donors (Lipinski definition) is 1. The quantitative estimate of drug-likeness (QED) is 0.376. The summed E-state index contributed by atoms with van der Waals surface area (Å²) in [5.41, 5.74) is 4.51. The largest absolute Gasteiger partial charge is 0.335 e. The maximum Gasteiger partial charge on any atom is 0.335 e. The van der Waals surface area contributed by atoms with Crippen molar-refractivity contribution >= 4 is 0 Å². The van der Waals surface area contributed by atoms with Crippen LogP contribution in [0.25, 0.3) is 28.5 Å². The minimum absolute atomic E-state index is 0.114. The Morgan fingerprint density at radius 3 is 2.50 bits per heavy atom. The number of H-pyrrole nitrogens is 1. The molecule has 10 heteroatoms. The van der Waals surface area contributed by atoms with Crippen molar-refractivity contribution in [3.05, 3.63) is 83.1 Å². The first kappa shape index (κ1) is 23.4. The highest BCUT2D eigenvalue weighted by atomic mass is 16.1. The van der Waals surface area contributed by atoms with Gasteiger partial charge in [0.15, 0.2) is 0 Å². The third-order valence-corrected chi connectivity index (χ3v) is 6.16. The van der Waals surface area contributed by atoms with Gasteiger partial charge >= 0.3 is 5.69 Å². The molecule has 0 atom stereocenters. The molecule has 0 bridgehead atoms. The Labute approximate surface area is 208 Å². The van der Waals surface area contributed by atoms with Gasteiger partial charge in [-0.05, 0) is 55.2 Å². The van der Waals surface area contributed by atoms with Gasteiger partial charge in [0.1, 0.15) is 0 Å². The van der Waals surface area contributed by atoms with E-state index >= 15 is 0 Å². The van der Waals surface area contributed by atoms with Crippen LogP contribution in [0.1, 0.15) is 45.4 Å². The van der Waals surface area contributed by atoms with Gasteiger partial charge in [0.05, 0.1) is 6.54 Å². The van der Waals surface area contributed by atoms with Gasteiger partial charge in [-0.3, -0.25) is 9.55 Å². The summed E-state index contributed by atoms with van der Waals surface area (Å²) < 4.78 is 5.51. The fourth-order valence-electron chi connectivity index (χ4n) is 4.38. The summed E-state index contributed by atoms with van der Waals surface area (Å²) in [6, 6.07) is 9.94. The maximum absolute atomic E-state index is 13.7. The predicted octanol–water partition coefficient (Wildman–Crippen LogP) is 3.83. The molecule has 0 aliphatic carbocycles. The molecule has 1 aromatic carbocycles. The van der Waals surface area contributed by atoms with Crippen molar-refractivity contribution in [1.29, 1.82) is 0 Å². The van der Waals surface area contributed by atoms with Crippen LogP contribution in [0, 0.1) is 0 Å². The van der Waals surface area contributed by atoms with Crippen LogP contribution in [0.4, 0.5) is 0 Å². The molecular weight excluding hydrogens is 454 g/mol. The second-order valence-corrected chi connectivity index (χ2v) is 9.72. The Morgan fingerprint density at radius 1 is 1.03 bits per heavy atom. The lowest BCUT2D eigenvalue weighted by atomic mass is 10.00. The van der Waals surface area contributed by atoms with E-state index in [-0.39, 0.29) is 11.2 Å². The van der Waals surface area contributed by atoms with E-state index in [0.29, 0.717) is 18.3 Å². The van der Waals surface area contributed by atoms with E-state index in [1.165, 1.54) is 0 Å². The lowest BCUT2D eigenvalue weighted by Crippen LogP contribution is -2.30. The fourth-order valence-corrected chi connectivity index (χ4v) is 4.38. The van der Waals surface area contributed by atoms with Gasteiger partial charge < -0.3 is 4.57 Å². The number of nitrogens with zero attached hydrogens (tertiary/aromatic N) is 8. The van der Waals surface area contributed by atoms with Crippen molar-refractivity contribution in [3.63, 3.8) is 0 Å². The Hall–Kier alpha value is -4.34. The standard InChI is InChI=1S/C26H29N9O/c1-5-6-21-17-34(24-28-13-14-35(24)26(2,3)4)25(36)33(21)16-20-15-27-12-11-22(20)18-7-9-19(10-8-18)23-29-31-32-30-23/h7-15,17H,5-6,16H2,1-4H3,(H,29,30,31,32). The second-order valence-electron chi connectivity index (χ2n) is 9.72. The number of benzene rings is 1. The molecular formula is C26H29N9O. The molecule has 0 saturated carbocycles. The number of pyridine rings is 1. The summed E-state index contributed by atoms with van der Waals surface area (Å²) in [6.45, 7) is 8.81. The molecule has 0 unspecified atom stereocenters. The zero-order valence-corrected chi connectivity index (χ0v) is 20.9. The van der Waals surface area contributed by atoms with Crippen LogP contribution in [-0.2, 0) is 18.5 Å². The van der Waals surface area contributed by atoms with Crippen molar-refractivity contribution in [2.75, 3.05) is 0 Å². The van der Waals surface area contributed by atoms with Crippen LogP contribution in [0.2, 0.25) is 0 Å². The highest BCUT2D eigenvalue weighted by Crippen LogP contribution is 2.26. The van der Waals surface area contributed by atoms with Crippen LogP contribution in [-0.4, -0.2) is 44.3 Å². The van der Waals surface area contributed by atoms with E-state index in [2.05, 4.69) is 58.3 Å². The fraction of sp³-hybridized carbons (Fsp3) is 0.308. The monoisotopic (exact) mass is 483 g/mol. The lowest BCUT2D eigenvalue weighted by molar-refractivity contribution is 0.390. The van der Waals surface area contributed by atoms with Crippen LogP contribution < -0.4 is 5.69 Å². The number of imidazole rings is 2. The molecule has 0 saturated heterocycles. The average molecular weight is 484 g/mol. The van der Waals surface area contributed by atoms with Crippen molar-refractivity contribution < 1.29 is 0 Å². The summed E-state index contributed by atoms with van der Waals surface area (Å²) in [6.07, 6.45) is 10.9. The zero-order chi connectivity index (χ0) is 25.3. The average Bonchev–Trinajstić information content (AvgIpc) is 3.62. The summed E-state index contributed by atoms with van der Waals surface area (Å²) in [4.78, 5) is 22.6. The predicted molar refractivity (Wildman–Crippen MR) is 137 cm³/mol. The molecule has 0 aliphatic heterocycles. The molecule has 36 heavy (non-hydrogen) atoms. The number of aromatic amines is 1. The minimum Gasteiger partial charge on any atom is -0.311 e. The third kappa shape index (κ3) is 4.37. The van der Waals surface area contributed by atoms with Gasteiger partial charge in [-0.25, -0.2) is 14.3 Å². The van der Waals surface area contributed by atoms with Gasteiger partial charge in [-0.15, -0.1) is 10.2 Å². The SMILES string of the molecule is CCCc1cn(-c2nccn2C(C)(C)C)c(=O)n1Cc1cnccc1-c1ccc(-c2nn[nH]n2)cc1. The molecule has 5 rings (SSSR count). The first-order valence-electron chi connectivity index (χ1n) is 12.0. The number of aromatic nitrogens is 9. The third-order valence-electron chi connectivity index (χ3n) is 6.16. The molecule has 0 spiro atoms. The van der Waals surface area contributed by atoms with Crippen LogP contribution >= 0.6 is 0 Å². The van der Waals surface area contributed by atoms with E-state index in [1.54, 1.807) is 17.0 Å². The summed E-state index contributed by atoms with van der Waals surface area (Å²) in [5, 5.41) is 14.2. The van der Waals surface area contributed by atoms with Gasteiger partial charge in [0.2, 0.25) is 11.8 Å². The molecule has 4 aromatic heterocycles. The molecule has 10 nitrogen and oxygen atoms in total. The molecule has 1 N–H and O–H groups in total. The first-order valence-corrected chi connectivity index (χ1v) is 12.0. The van der Waals surface area contributed by atoms with Gasteiger partial charge in [-0.2, -0.15) is 5.21 Å². The Kier molecular flexibility index (Phi) is 6.09. The molecule has 0 aliphatic rings. The van der Waals surface area contributed by atoms with Gasteiger partial charge in [0.25, 0.3) is 0 Å². The summed E-state index contributed by atoms with van der Waals surface area (Å²) in [7, 11) is 0. The van der Waals surface area contributed by atoms with Crippen LogP contribution in [0.3, 0.4) is 0 Å². The topological polar surface area (TPSA) is 112 Å². The normalized spacial score (nSPS) is 11.8. The van der Waals surface area contributed by atoms with Crippen LogP contribution in [0.5, 0.6) is 0 Å². The molecule has 4 heterocycles. The van der Waals surface area contributed by atoms with E-state index in [4.69, 9.17) is 0 Å². The number of tetrazole rings is 1. The molecule has 5 aromatic rings. The minimum atomic E-state index is -0.206. The Bertz CT molecular complexity index is 1520. The zero-order valence-electron chi connectivity index (χ0n) is 20.9. The van der Waals surface area contributed by atoms with Gasteiger partial charge in [0, 0.05) is 47.8 Å². The Morgan fingerprint density at radius 2 is 1.81 bits per heavy atom. The lowest BCUT2D eigenvalue weighted by Gasteiger charge is -2.23. The van der Waals surface area contributed by atoms with Crippen LogP contribution in [0.15, 0.2) is 66.1 Å². The van der Waals surface area contributed by atoms with Crippen molar-refractivity contribution in [2.24, 2.45) is 0 Å². The molecule has 0 amide bonds. The molecule has 184 valence electrons. The van der Waals surface area contributed by atoms with E-state index < -0.39 is 0 Å². The molecule has 0 radical (unpaired) electrons. The number of hydrogen-bond acceptors (Lipinski definition) is 6. The van der Waals surface area contributed by atoms with Gasteiger partial charge in [-0.1, -0.05) is 37.6 Å². The first-order chi connectivity index (χ1) is 17.4. The van der Waals surface area contributed by atoms with E-state index in [9.17, 15) is 4.79 Å². The summed E-state index contributed by atoms with van der Waals surface area (Å²) >= 11 is 0. The smallest absolute Gasteiger partial charge is 0.311 e. The van der Waals surface area contributed by atoms with E-state index in [1.807, 2.05) is 58.1 Å². The summed E-state index contributed by atoms with van der Waals surface area (Å²) in [5.74, 6) is 1.16. The highest BCUT2D eigenvalue weighted by molar-refractivity contribution is 5.69. The highest BCUT2D eigenvalue weighted by Gasteiger charge is 2.22. The number of nitrogens with one attached hydrogen (secondary N) is 1. The van der Waals surface area contributed by atoms with Crippen molar-refractivity contribution in [2.45, 2.75) is 52.6 Å². The molecule has 0 fully saturated rings. The van der Waals surface area contributed by atoms with E-state index in [0.717, 1.165) is 40.8 Å². The number of rotatable bonds is 7. The van der Waals surface area contributed by atoms with Crippen molar-refractivity contribution in [1.82, 2.24) is 44.3 Å². The van der Waals surface area contributed by atoms with Crippen molar-refractivity contribution in [3.8, 4) is 28.5 Å². The second kappa shape index (κ2) is 9.37. The number of aryl methyl sites for hydroxylation is 1. The maximum atomic E-state index is 13.7. The Balaban J connectivity index is 1.54.